The highest BCUT2D eigenvalue weighted by atomic mass is 16.1. The van der Waals surface area contributed by atoms with Gasteiger partial charge in [0.25, 0.3) is 0 Å². The van der Waals surface area contributed by atoms with Crippen LogP contribution in [0, 0.1) is 0 Å². The molecule has 0 saturated heterocycles. The van der Waals surface area contributed by atoms with E-state index in [2.05, 4.69) is 17.1 Å². The SMILES string of the molecule is O=C(CCCc1ccccc1)CCCc1ccccn1. The van der Waals surface area contributed by atoms with Crippen molar-refractivity contribution in [1.29, 1.82) is 0 Å². The topological polar surface area (TPSA) is 30.0 Å². The Kier molecular flexibility index (Phi) is 5.97. The third kappa shape index (κ3) is 5.35. The molecular weight excluding hydrogens is 246 g/mol. The molecule has 0 bridgehead atoms. The lowest BCUT2D eigenvalue weighted by Gasteiger charge is -2.02. The van der Waals surface area contributed by atoms with Crippen LogP contribution < -0.4 is 0 Å². The predicted octanol–water partition coefficient (Wildman–Crippen LogP) is 4.00. The first-order valence-corrected chi connectivity index (χ1v) is 7.30. The Bertz CT molecular complexity index is 460. The fourth-order valence-corrected chi connectivity index (χ4v) is 2.27. The standard InChI is InChI=1S/C18H21NO/c20-18(13-6-10-16-8-2-1-3-9-16)14-7-12-17-11-4-5-15-19-17/h1-5,8-9,11,15H,6-7,10,12-14H2. The van der Waals surface area contributed by atoms with E-state index in [9.17, 15) is 4.79 Å². The van der Waals surface area contributed by atoms with Gasteiger partial charge in [-0.25, -0.2) is 0 Å². The summed E-state index contributed by atoms with van der Waals surface area (Å²) >= 11 is 0. The van der Waals surface area contributed by atoms with Crippen LogP contribution in [0.5, 0.6) is 0 Å². The molecule has 0 amide bonds. The van der Waals surface area contributed by atoms with Crippen LogP contribution in [0.15, 0.2) is 54.7 Å². The quantitative estimate of drug-likeness (QED) is 0.723. The molecule has 0 radical (unpaired) electrons. The molecule has 0 fully saturated rings. The first kappa shape index (κ1) is 14.4. The molecule has 0 saturated carbocycles. The lowest BCUT2D eigenvalue weighted by atomic mass is 10.0. The molecule has 0 spiro atoms. The summed E-state index contributed by atoms with van der Waals surface area (Å²) in [6.07, 6.45) is 6.91. The molecule has 0 unspecified atom stereocenters. The second kappa shape index (κ2) is 8.26. The normalized spacial score (nSPS) is 10.4. The van der Waals surface area contributed by atoms with E-state index in [0.29, 0.717) is 18.6 Å². The third-order valence-corrected chi connectivity index (χ3v) is 3.38. The fraction of sp³-hybridized carbons (Fsp3) is 0.333. The number of Topliss-reactive ketones (excluding diaryl/α,β-unsaturated/α-hetero) is 1. The molecule has 0 aliphatic carbocycles. The van der Waals surface area contributed by atoms with Crippen LogP contribution in [-0.4, -0.2) is 10.8 Å². The summed E-state index contributed by atoms with van der Waals surface area (Å²) in [6, 6.07) is 16.3. The van der Waals surface area contributed by atoms with Gasteiger partial charge in [0, 0.05) is 24.7 Å². The summed E-state index contributed by atoms with van der Waals surface area (Å²) in [7, 11) is 0. The minimum absolute atomic E-state index is 0.372. The maximum atomic E-state index is 11.8. The molecule has 1 aromatic heterocycles. The number of nitrogens with zero attached hydrogens (tertiary/aromatic N) is 1. The zero-order valence-electron chi connectivity index (χ0n) is 11.8. The Labute approximate surface area is 120 Å². The van der Waals surface area contributed by atoms with E-state index in [4.69, 9.17) is 0 Å². The molecule has 1 heterocycles. The summed E-state index contributed by atoms with van der Waals surface area (Å²) in [6.45, 7) is 0. The lowest BCUT2D eigenvalue weighted by molar-refractivity contribution is -0.119. The number of ketones is 1. The largest absolute Gasteiger partial charge is 0.300 e. The Morgan fingerprint density at radius 3 is 2.25 bits per heavy atom. The van der Waals surface area contributed by atoms with Crippen molar-refractivity contribution in [2.75, 3.05) is 0 Å². The van der Waals surface area contributed by atoms with Gasteiger partial charge in [0.05, 0.1) is 0 Å². The van der Waals surface area contributed by atoms with Crippen molar-refractivity contribution in [1.82, 2.24) is 4.98 Å². The fourth-order valence-electron chi connectivity index (χ4n) is 2.27. The van der Waals surface area contributed by atoms with Crippen molar-refractivity contribution in [3.63, 3.8) is 0 Å². The van der Waals surface area contributed by atoms with E-state index in [-0.39, 0.29) is 0 Å². The van der Waals surface area contributed by atoms with Gasteiger partial charge in [0.1, 0.15) is 5.78 Å². The Balaban J connectivity index is 1.59. The molecule has 0 N–H and O–H groups in total. The number of hydrogen-bond donors (Lipinski definition) is 0. The number of aromatic nitrogens is 1. The first-order chi connectivity index (χ1) is 9.84. The second-order valence-corrected chi connectivity index (χ2v) is 5.05. The summed E-state index contributed by atoms with van der Waals surface area (Å²) in [4.78, 5) is 16.1. The molecule has 2 aromatic rings. The number of rotatable bonds is 8. The average molecular weight is 267 g/mol. The van der Waals surface area contributed by atoms with Gasteiger partial charge in [-0.15, -0.1) is 0 Å². The van der Waals surface area contributed by atoms with Crippen molar-refractivity contribution >= 4 is 5.78 Å². The monoisotopic (exact) mass is 267 g/mol. The maximum absolute atomic E-state index is 11.8. The molecule has 2 heteroatoms. The number of carbonyl (C=O) groups excluding carboxylic acids is 1. The Hall–Kier alpha value is -1.96. The van der Waals surface area contributed by atoms with Crippen LogP contribution >= 0.6 is 0 Å². The van der Waals surface area contributed by atoms with E-state index >= 15 is 0 Å². The van der Waals surface area contributed by atoms with Crippen LogP contribution in [0.4, 0.5) is 0 Å². The van der Waals surface area contributed by atoms with Gasteiger partial charge in [-0.1, -0.05) is 36.4 Å². The van der Waals surface area contributed by atoms with Gasteiger partial charge in [0.15, 0.2) is 0 Å². The molecule has 0 aliphatic rings. The number of pyridine rings is 1. The van der Waals surface area contributed by atoms with Gasteiger partial charge < -0.3 is 0 Å². The smallest absolute Gasteiger partial charge is 0.132 e. The summed E-state index contributed by atoms with van der Waals surface area (Å²) < 4.78 is 0. The van der Waals surface area contributed by atoms with E-state index in [1.54, 1.807) is 6.20 Å². The highest BCUT2D eigenvalue weighted by molar-refractivity contribution is 5.78. The van der Waals surface area contributed by atoms with Gasteiger partial charge in [-0.05, 0) is 43.4 Å². The van der Waals surface area contributed by atoms with Gasteiger partial charge in [-0.2, -0.15) is 0 Å². The van der Waals surface area contributed by atoms with Crippen molar-refractivity contribution < 1.29 is 4.79 Å². The van der Waals surface area contributed by atoms with Crippen molar-refractivity contribution in [3.05, 3.63) is 66.0 Å². The summed E-state index contributed by atoms with van der Waals surface area (Å²) in [5.41, 5.74) is 2.39. The predicted molar refractivity (Wildman–Crippen MR) is 81.6 cm³/mol. The van der Waals surface area contributed by atoms with E-state index in [1.807, 2.05) is 36.4 Å². The highest BCUT2D eigenvalue weighted by Crippen LogP contribution is 2.08. The van der Waals surface area contributed by atoms with E-state index < -0.39 is 0 Å². The van der Waals surface area contributed by atoms with Gasteiger partial charge in [0.2, 0.25) is 0 Å². The molecule has 20 heavy (non-hydrogen) atoms. The lowest BCUT2D eigenvalue weighted by Crippen LogP contribution is -2.00. The van der Waals surface area contributed by atoms with E-state index in [1.165, 1.54) is 5.56 Å². The van der Waals surface area contributed by atoms with Gasteiger partial charge in [-0.3, -0.25) is 9.78 Å². The van der Waals surface area contributed by atoms with E-state index in [0.717, 1.165) is 31.4 Å². The molecule has 2 nitrogen and oxygen atoms in total. The molecule has 104 valence electrons. The second-order valence-electron chi connectivity index (χ2n) is 5.05. The van der Waals surface area contributed by atoms with Crippen LogP contribution in [0.3, 0.4) is 0 Å². The maximum Gasteiger partial charge on any atom is 0.132 e. The highest BCUT2D eigenvalue weighted by Gasteiger charge is 2.03. The number of hydrogen-bond acceptors (Lipinski definition) is 2. The first-order valence-electron chi connectivity index (χ1n) is 7.30. The molecular formula is C18H21NO. The van der Waals surface area contributed by atoms with Crippen molar-refractivity contribution in [3.8, 4) is 0 Å². The zero-order chi connectivity index (χ0) is 14.0. The summed E-state index contributed by atoms with van der Waals surface area (Å²) in [5, 5.41) is 0. The number of aryl methyl sites for hydroxylation is 2. The third-order valence-electron chi connectivity index (χ3n) is 3.38. The Morgan fingerprint density at radius 1 is 0.850 bits per heavy atom. The molecule has 1 aromatic carbocycles. The van der Waals surface area contributed by atoms with Crippen LogP contribution in [-0.2, 0) is 17.6 Å². The van der Waals surface area contributed by atoms with Crippen molar-refractivity contribution in [2.45, 2.75) is 38.5 Å². The number of carbonyl (C=O) groups is 1. The van der Waals surface area contributed by atoms with Crippen LogP contribution in [0.1, 0.15) is 36.9 Å². The van der Waals surface area contributed by atoms with Crippen LogP contribution in [0.2, 0.25) is 0 Å². The van der Waals surface area contributed by atoms with Crippen molar-refractivity contribution in [2.24, 2.45) is 0 Å². The number of benzene rings is 1. The minimum atomic E-state index is 0.372. The minimum Gasteiger partial charge on any atom is -0.300 e. The van der Waals surface area contributed by atoms with Gasteiger partial charge >= 0.3 is 0 Å². The Morgan fingerprint density at radius 2 is 1.55 bits per heavy atom. The zero-order valence-corrected chi connectivity index (χ0v) is 11.8. The summed E-state index contributed by atoms with van der Waals surface area (Å²) in [5.74, 6) is 0.372. The average Bonchev–Trinajstić information content (AvgIpc) is 2.49. The molecule has 0 aliphatic heterocycles. The van der Waals surface area contributed by atoms with Crippen LogP contribution in [0.25, 0.3) is 0 Å². The molecule has 0 atom stereocenters. The molecule has 2 rings (SSSR count).